The van der Waals surface area contributed by atoms with Crippen LogP contribution in [0.3, 0.4) is 0 Å². The molecule has 0 saturated heterocycles. The summed E-state index contributed by atoms with van der Waals surface area (Å²) in [6.45, 7) is 2.96. The maximum atomic E-state index is 13.1. The van der Waals surface area contributed by atoms with Crippen LogP contribution in [0.15, 0.2) is 22.7 Å². The largest absolute Gasteiger partial charge is 0.483 e. The number of nitrogens with one attached hydrogen (secondary N) is 1. The Hall–Kier alpha value is -2.46. The van der Waals surface area contributed by atoms with Crippen molar-refractivity contribution in [3.63, 3.8) is 0 Å². The summed E-state index contributed by atoms with van der Waals surface area (Å²) in [4.78, 5) is 36.6. The zero-order chi connectivity index (χ0) is 20.8. The molecular formula is C18H17BrFNO6S. The Labute approximate surface area is 172 Å². The van der Waals surface area contributed by atoms with E-state index in [2.05, 4.69) is 21.2 Å². The number of hydrogen-bond acceptors (Lipinski definition) is 7. The Kier molecular flexibility index (Phi) is 7.53. The summed E-state index contributed by atoms with van der Waals surface area (Å²) in [7, 11) is 1.22. The van der Waals surface area contributed by atoms with Crippen molar-refractivity contribution >= 4 is 50.1 Å². The molecule has 0 radical (unpaired) electrons. The smallest absolute Gasteiger partial charge is 0.348 e. The molecule has 0 fully saturated rings. The number of benzene rings is 1. The molecule has 28 heavy (non-hydrogen) atoms. The third kappa shape index (κ3) is 5.08. The molecule has 0 aliphatic carbocycles. The molecule has 1 N–H and O–H groups in total. The number of hydrogen-bond donors (Lipinski definition) is 1. The lowest BCUT2D eigenvalue weighted by atomic mass is 10.1. The number of ether oxygens (including phenoxy) is 3. The molecule has 1 aromatic carbocycles. The molecule has 0 spiro atoms. The average molecular weight is 474 g/mol. The first kappa shape index (κ1) is 21.8. The third-order valence-corrected chi connectivity index (χ3v) is 5.31. The van der Waals surface area contributed by atoms with E-state index in [1.54, 1.807) is 13.8 Å². The maximum absolute atomic E-state index is 13.1. The molecule has 0 aliphatic heterocycles. The van der Waals surface area contributed by atoms with Gasteiger partial charge in [-0.25, -0.2) is 14.0 Å². The van der Waals surface area contributed by atoms with Crippen molar-refractivity contribution < 1.29 is 33.0 Å². The molecule has 0 bridgehead atoms. The van der Waals surface area contributed by atoms with Crippen LogP contribution in [0.5, 0.6) is 5.75 Å². The highest BCUT2D eigenvalue weighted by atomic mass is 79.9. The summed E-state index contributed by atoms with van der Waals surface area (Å²) in [5, 5.41) is 2.70. The van der Waals surface area contributed by atoms with Crippen LogP contribution in [0.2, 0.25) is 0 Å². The highest BCUT2D eigenvalue weighted by Gasteiger charge is 2.27. The third-order valence-electron chi connectivity index (χ3n) is 3.50. The number of methoxy groups -OCH3 is 1. The van der Waals surface area contributed by atoms with Gasteiger partial charge in [0.05, 0.1) is 23.8 Å². The summed E-state index contributed by atoms with van der Waals surface area (Å²) in [6.07, 6.45) is 0. The molecule has 0 unspecified atom stereocenters. The van der Waals surface area contributed by atoms with Crippen molar-refractivity contribution in [3.8, 4) is 5.75 Å². The Balaban J connectivity index is 2.20. The highest BCUT2D eigenvalue weighted by Crippen LogP contribution is 2.34. The molecule has 10 heteroatoms. The molecule has 150 valence electrons. The van der Waals surface area contributed by atoms with Crippen LogP contribution in [0.1, 0.15) is 32.5 Å². The molecule has 1 heterocycles. The molecule has 0 atom stereocenters. The van der Waals surface area contributed by atoms with Gasteiger partial charge >= 0.3 is 11.9 Å². The van der Waals surface area contributed by atoms with E-state index < -0.39 is 30.3 Å². The second kappa shape index (κ2) is 9.65. The van der Waals surface area contributed by atoms with E-state index in [4.69, 9.17) is 14.2 Å². The average Bonchev–Trinajstić information content (AvgIpc) is 2.96. The van der Waals surface area contributed by atoms with Gasteiger partial charge < -0.3 is 19.5 Å². The van der Waals surface area contributed by atoms with E-state index in [1.165, 1.54) is 25.3 Å². The van der Waals surface area contributed by atoms with Crippen molar-refractivity contribution in [1.82, 2.24) is 0 Å². The summed E-state index contributed by atoms with van der Waals surface area (Å²) >= 11 is 4.05. The fourth-order valence-corrected chi connectivity index (χ4v) is 3.83. The van der Waals surface area contributed by atoms with Gasteiger partial charge in [-0.3, -0.25) is 4.79 Å². The van der Waals surface area contributed by atoms with Gasteiger partial charge in [-0.2, -0.15) is 0 Å². The minimum Gasteiger partial charge on any atom is -0.483 e. The number of rotatable bonds is 7. The molecule has 0 saturated carbocycles. The Morgan fingerprint density at radius 2 is 1.96 bits per heavy atom. The molecule has 1 amide bonds. The second-order valence-corrected chi connectivity index (χ2v) is 7.26. The van der Waals surface area contributed by atoms with Crippen molar-refractivity contribution in [2.45, 2.75) is 13.8 Å². The maximum Gasteiger partial charge on any atom is 0.348 e. The SMILES string of the molecule is CCOC(=O)c1c(NC(=O)COc2ccc(F)cc2Br)sc(C(=O)OC)c1C. The Morgan fingerprint density at radius 1 is 1.25 bits per heavy atom. The Bertz CT molecular complexity index is 914. The van der Waals surface area contributed by atoms with Crippen molar-refractivity contribution in [3.05, 3.63) is 44.5 Å². The fraction of sp³-hybridized carbons (Fsp3) is 0.278. The quantitative estimate of drug-likeness (QED) is 0.612. The standard InChI is InChI=1S/C18H17BrFNO6S/c1-4-26-17(23)14-9(2)15(18(24)25-3)28-16(14)21-13(22)8-27-12-6-5-10(20)7-11(12)19/h5-7H,4,8H2,1-3H3,(H,21,22). The van der Waals surface area contributed by atoms with Crippen LogP contribution in [-0.4, -0.2) is 38.2 Å². The van der Waals surface area contributed by atoms with Gasteiger partial charge in [0.15, 0.2) is 6.61 Å². The minimum absolute atomic E-state index is 0.0866. The topological polar surface area (TPSA) is 90.9 Å². The number of esters is 2. The number of carbonyl (C=O) groups excluding carboxylic acids is 3. The first-order chi connectivity index (χ1) is 13.3. The van der Waals surface area contributed by atoms with Crippen molar-refractivity contribution in [2.24, 2.45) is 0 Å². The van der Waals surface area contributed by atoms with E-state index in [0.717, 1.165) is 11.3 Å². The van der Waals surface area contributed by atoms with Gasteiger partial charge in [-0.05, 0) is 53.5 Å². The predicted octanol–water partition coefficient (Wildman–Crippen LogP) is 3.94. The van der Waals surface area contributed by atoms with Gasteiger partial charge in [-0.15, -0.1) is 11.3 Å². The van der Waals surface area contributed by atoms with Gasteiger partial charge in [0.25, 0.3) is 5.91 Å². The lowest BCUT2D eigenvalue weighted by Crippen LogP contribution is -2.21. The molecular weight excluding hydrogens is 457 g/mol. The predicted molar refractivity (Wildman–Crippen MR) is 105 cm³/mol. The van der Waals surface area contributed by atoms with Crippen LogP contribution in [0.25, 0.3) is 0 Å². The van der Waals surface area contributed by atoms with Gasteiger partial charge in [0.1, 0.15) is 21.4 Å². The van der Waals surface area contributed by atoms with Crippen LogP contribution >= 0.6 is 27.3 Å². The molecule has 7 nitrogen and oxygen atoms in total. The van der Waals surface area contributed by atoms with E-state index in [-0.39, 0.29) is 27.8 Å². The van der Waals surface area contributed by atoms with Crippen LogP contribution in [0.4, 0.5) is 9.39 Å². The Morgan fingerprint density at radius 3 is 2.57 bits per heavy atom. The van der Waals surface area contributed by atoms with Gasteiger partial charge in [0.2, 0.25) is 0 Å². The molecule has 1 aromatic heterocycles. The molecule has 2 aromatic rings. The van der Waals surface area contributed by atoms with Crippen LogP contribution < -0.4 is 10.1 Å². The van der Waals surface area contributed by atoms with E-state index >= 15 is 0 Å². The lowest BCUT2D eigenvalue weighted by molar-refractivity contribution is -0.118. The summed E-state index contributed by atoms with van der Waals surface area (Å²) in [5.74, 6) is -2.03. The van der Waals surface area contributed by atoms with E-state index in [1.807, 2.05) is 0 Å². The number of thiophene rings is 1. The number of carbonyl (C=O) groups is 3. The first-order valence-corrected chi connectivity index (χ1v) is 9.65. The second-order valence-electron chi connectivity index (χ2n) is 5.38. The summed E-state index contributed by atoms with van der Waals surface area (Å²) in [5.41, 5.74) is 0.441. The zero-order valence-corrected chi connectivity index (χ0v) is 17.7. The van der Waals surface area contributed by atoms with Crippen LogP contribution in [0, 0.1) is 12.7 Å². The van der Waals surface area contributed by atoms with Crippen LogP contribution in [-0.2, 0) is 14.3 Å². The first-order valence-electron chi connectivity index (χ1n) is 8.05. The normalized spacial score (nSPS) is 10.3. The number of amides is 1. The minimum atomic E-state index is -0.663. The lowest BCUT2D eigenvalue weighted by Gasteiger charge is -2.09. The van der Waals surface area contributed by atoms with Gasteiger partial charge in [0, 0.05) is 0 Å². The van der Waals surface area contributed by atoms with Gasteiger partial charge in [-0.1, -0.05) is 0 Å². The zero-order valence-electron chi connectivity index (χ0n) is 15.3. The fourth-order valence-electron chi connectivity index (χ4n) is 2.24. The summed E-state index contributed by atoms with van der Waals surface area (Å²) in [6, 6.07) is 3.78. The number of halogens is 2. The highest BCUT2D eigenvalue weighted by molar-refractivity contribution is 9.10. The van der Waals surface area contributed by atoms with E-state index in [9.17, 15) is 18.8 Å². The summed E-state index contributed by atoms with van der Waals surface area (Å²) < 4.78 is 28.5. The molecule has 0 aliphatic rings. The van der Waals surface area contributed by atoms with Crippen molar-refractivity contribution in [1.29, 1.82) is 0 Å². The number of anilines is 1. The van der Waals surface area contributed by atoms with E-state index in [0.29, 0.717) is 10.0 Å². The monoisotopic (exact) mass is 473 g/mol. The van der Waals surface area contributed by atoms with Crippen molar-refractivity contribution in [2.75, 3.05) is 25.6 Å². The molecule has 2 rings (SSSR count).